The van der Waals surface area contributed by atoms with E-state index < -0.39 is 0 Å². The summed E-state index contributed by atoms with van der Waals surface area (Å²) >= 11 is 5.97. The van der Waals surface area contributed by atoms with Gasteiger partial charge in [0.2, 0.25) is 5.91 Å². The average Bonchev–Trinajstić information content (AvgIpc) is 3.35. The summed E-state index contributed by atoms with van der Waals surface area (Å²) in [6, 6.07) is 6.42. The SMILES string of the molecule is O=C(NC[C@H]1CC[C@H](Nc2nc3ccc(Cl)cc3o2)CC1)C1CC1. The van der Waals surface area contributed by atoms with E-state index >= 15 is 0 Å². The van der Waals surface area contributed by atoms with Crippen molar-refractivity contribution < 1.29 is 9.21 Å². The van der Waals surface area contributed by atoms with Gasteiger partial charge in [0.05, 0.1) is 0 Å². The number of carbonyl (C=O) groups is 1. The van der Waals surface area contributed by atoms with E-state index in [-0.39, 0.29) is 5.91 Å². The highest BCUT2D eigenvalue weighted by atomic mass is 35.5. The predicted octanol–water partition coefficient (Wildman–Crippen LogP) is 3.98. The summed E-state index contributed by atoms with van der Waals surface area (Å²) in [5.74, 6) is 1.14. The number of nitrogens with one attached hydrogen (secondary N) is 2. The third-order valence-corrected chi connectivity index (χ3v) is 5.27. The molecule has 1 aromatic heterocycles. The van der Waals surface area contributed by atoms with E-state index in [9.17, 15) is 4.79 Å². The minimum absolute atomic E-state index is 0.250. The van der Waals surface area contributed by atoms with E-state index in [1.807, 2.05) is 12.1 Å². The van der Waals surface area contributed by atoms with Crippen molar-refractivity contribution >= 4 is 34.6 Å². The number of anilines is 1. The highest BCUT2D eigenvalue weighted by Gasteiger charge is 2.30. The molecule has 2 aromatic rings. The Labute approximate surface area is 146 Å². The Hall–Kier alpha value is -1.75. The molecular weight excluding hydrogens is 326 g/mol. The summed E-state index contributed by atoms with van der Waals surface area (Å²) in [7, 11) is 0. The monoisotopic (exact) mass is 347 g/mol. The lowest BCUT2D eigenvalue weighted by atomic mass is 9.86. The van der Waals surface area contributed by atoms with Crippen LogP contribution in [0.3, 0.4) is 0 Å². The summed E-state index contributed by atoms with van der Waals surface area (Å²) in [6.45, 7) is 0.823. The Bertz CT molecular complexity index is 733. The van der Waals surface area contributed by atoms with E-state index in [4.69, 9.17) is 16.0 Å². The molecule has 24 heavy (non-hydrogen) atoms. The van der Waals surface area contributed by atoms with Crippen molar-refractivity contribution in [1.29, 1.82) is 0 Å². The van der Waals surface area contributed by atoms with Crippen LogP contribution in [-0.4, -0.2) is 23.5 Å². The molecule has 1 amide bonds. The zero-order chi connectivity index (χ0) is 16.5. The minimum atomic E-state index is 0.250. The fourth-order valence-corrected chi connectivity index (χ4v) is 3.54. The Morgan fingerprint density at radius 3 is 2.75 bits per heavy atom. The molecule has 128 valence electrons. The Morgan fingerprint density at radius 2 is 2.00 bits per heavy atom. The lowest BCUT2D eigenvalue weighted by Crippen LogP contribution is -2.34. The second-order valence-electron chi connectivity index (χ2n) is 7.01. The van der Waals surface area contributed by atoms with Crippen molar-refractivity contribution in [3.8, 4) is 0 Å². The highest BCUT2D eigenvalue weighted by Crippen LogP contribution is 2.30. The first-order valence-electron chi connectivity index (χ1n) is 8.78. The minimum Gasteiger partial charge on any atom is -0.423 e. The molecule has 6 heteroatoms. The van der Waals surface area contributed by atoms with Crippen LogP contribution in [0, 0.1) is 11.8 Å². The van der Waals surface area contributed by atoms with Crippen molar-refractivity contribution in [2.24, 2.45) is 11.8 Å². The molecule has 0 radical (unpaired) electrons. The van der Waals surface area contributed by atoms with Crippen LogP contribution in [0.1, 0.15) is 38.5 Å². The van der Waals surface area contributed by atoms with E-state index in [1.165, 1.54) is 0 Å². The number of carbonyl (C=O) groups excluding carboxylic acids is 1. The molecule has 0 unspecified atom stereocenters. The first kappa shape index (κ1) is 15.8. The number of amides is 1. The van der Waals surface area contributed by atoms with E-state index in [1.54, 1.807) is 6.07 Å². The Kier molecular flexibility index (Phi) is 4.35. The number of rotatable bonds is 5. The number of nitrogens with zero attached hydrogens (tertiary/aromatic N) is 1. The normalized spacial score (nSPS) is 24.0. The van der Waals surface area contributed by atoms with Gasteiger partial charge in [0.15, 0.2) is 5.58 Å². The fourth-order valence-electron chi connectivity index (χ4n) is 3.38. The number of hydrogen-bond acceptors (Lipinski definition) is 4. The van der Waals surface area contributed by atoms with Gasteiger partial charge in [-0.05, 0) is 56.6 Å². The summed E-state index contributed by atoms with van der Waals surface area (Å²) < 4.78 is 5.73. The van der Waals surface area contributed by atoms with Crippen LogP contribution >= 0.6 is 11.6 Å². The third-order valence-electron chi connectivity index (χ3n) is 5.04. The van der Waals surface area contributed by atoms with Crippen molar-refractivity contribution in [1.82, 2.24) is 10.3 Å². The van der Waals surface area contributed by atoms with Crippen molar-refractivity contribution in [2.45, 2.75) is 44.6 Å². The maximum Gasteiger partial charge on any atom is 0.295 e. The van der Waals surface area contributed by atoms with Crippen molar-refractivity contribution in [2.75, 3.05) is 11.9 Å². The largest absolute Gasteiger partial charge is 0.423 e. The van der Waals surface area contributed by atoms with Gasteiger partial charge in [-0.25, -0.2) is 0 Å². The van der Waals surface area contributed by atoms with Gasteiger partial charge >= 0.3 is 0 Å². The first-order valence-corrected chi connectivity index (χ1v) is 9.15. The first-order chi connectivity index (χ1) is 11.7. The second-order valence-corrected chi connectivity index (χ2v) is 7.45. The molecule has 0 saturated heterocycles. The van der Waals surface area contributed by atoms with Gasteiger partial charge in [0.1, 0.15) is 5.52 Å². The molecule has 2 fully saturated rings. The number of benzene rings is 1. The molecular formula is C18H22ClN3O2. The van der Waals surface area contributed by atoms with Crippen LogP contribution in [0.5, 0.6) is 0 Å². The van der Waals surface area contributed by atoms with Crippen LogP contribution in [0.2, 0.25) is 5.02 Å². The van der Waals surface area contributed by atoms with E-state index in [2.05, 4.69) is 15.6 Å². The zero-order valence-electron chi connectivity index (χ0n) is 13.6. The number of oxazole rings is 1. The number of aromatic nitrogens is 1. The molecule has 0 aliphatic heterocycles. The lowest BCUT2D eigenvalue weighted by Gasteiger charge is -2.28. The average molecular weight is 348 g/mol. The van der Waals surface area contributed by atoms with Crippen LogP contribution in [0.4, 0.5) is 6.01 Å². The van der Waals surface area contributed by atoms with Crippen molar-refractivity contribution in [3.63, 3.8) is 0 Å². The summed E-state index contributed by atoms with van der Waals surface area (Å²) in [4.78, 5) is 16.2. The maximum atomic E-state index is 11.7. The fraction of sp³-hybridized carbons (Fsp3) is 0.556. The standard InChI is InChI=1S/C18H22ClN3O2/c19-13-5-8-15-16(9-13)24-18(22-15)21-14-6-1-11(2-7-14)10-20-17(23)12-3-4-12/h5,8-9,11-12,14H,1-4,6-7,10H2,(H,20,23)(H,21,22)/t11-,14-. The van der Waals surface area contributed by atoms with Gasteiger partial charge in [0.25, 0.3) is 6.01 Å². The van der Waals surface area contributed by atoms with E-state index in [0.717, 1.165) is 50.6 Å². The molecule has 2 saturated carbocycles. The summed E-state index contributed by atoms with van der Waals surface area (Å²) in [5, 5.41) is 7.15. The van der Waals surface area contributed by atoms with Gasteiger partial charge in [0, 0.05) is 29.6 Å². The van der Waals surface area contributed by atoms with Crippen LogP contribution < -0.4 is 10.6 Å². The molecule has 0 bridgehead atoms. The molecule has 4 rings (SSSR count). The molecule has 2 aliphatic rings. The molecule has 5 nitrogen and oxygen atoms in total. The molecule has 1 aromatic carbocycles. The quantitative estimate of drug-likeness (QED) is 0.858. The van der Waals surface area contributed by atoms with Gasteiger partial charge in [-0.3, -0.25) is 4.79 Å². The molecule has 2 N–H and O–H groups in total. The predicted molar refractivity (Wildman–Crippen MR) is 94.1 cm³/mol. The van der Waals surface area contributed by atoms with Gasteiger partial charge in [-0.15, -0.1) is 0 Å². The third kappa shape index (κ3) is 3.66. The van der Waals surface area contributed by atoms with Crippen molar-refractivity contribution in [3.05, 3.63) is 23.2 Å². The van der Waals surface area contributed by atoms with Gasteiger partial charge in [-0.1, -0.05) is 11.6 Å². The number of halogens is 1. The maximum absolute atomic E-state index is 11.7. The van der Waals surface area contributed by atoms with Crippen LogP contribution in [-0.2, 0) is 4.79 Å². The number of fused-ring (bicyclic) bond motifs is 1. The molecule has 0 spiro atoms. The zero-order valence-corrected chi connectivity index (χ0v) is 14.3. The van der Waals surface area contributed by atoms with Crippen LogP contribution in [0.25, 0.3) is 11.1 Å². The summed E-state index contributed by atoms with van der Waals surface area (Å²) in [6.07, 6.45) is 6.52. The molecule has 1 heterocycles. The van der Waals surface area contributed by atoms with E-state index in [0.29, 0.717) is 34.5 Å². The molecule has 2 aliphatic carbocycles. The second kappa shape index (κ2) is 6.63. The Balaban J connectivity index is 1.26. The van der Waals surface area contributed by atoms with Gasteiger partial charge in [-0.2, -0.15) is 4.98 Å². The van der Waals surface area contributed by atoms with Crippen LogP contribution in [0.15, 0.2) is 22.6 Å². The topological polar surface area (TPSA) is 67.2 Å². The molecule has 0 atom stereocenters. The number of hydrogen-bond donors (Lipinski definition) is 2. The lowest BCUT2D eigenvalue weighted by molar-refractivity contribution is -0.122. The smallest absolute Gasteiger partial charge is 0.295 e. The Morgan fingerprint density at radius 1 is 1.21 bits per heavy atom. The highest BCUT2D eigenvalue weighted by molar-refractivity contribution is 6.31. The van der Waals surface area contributed by atoms with Gasteiger partial charge < -0.3 is 15.1 Å². The summed E-state index contributed by atoms with van der Waals surface area (Å²) in [5.41, 5.74) is 1.53.